The number of hydrogen-bond acceptors (Lipinski definition) is 4. The Morgan fingerprint density at radius 2 is 2.05 bits per heavy atom. The molecular formula is C13H16Cl2N4OSi. The van der Waals surface area contributed by atoms with Crippen molar-refractivity contribution in [2.24, 2.45) is 0 Å². The highest BCUT2D eigenvalue weighted by molar-refractivity contribution is 6.76. The van der Waals surface area contributed by atoms with E-state index in [0.29, 0.717) is 24.4 Å². The highest BCUT2D eigenvalue weighted by atomic mass is 35.5. The van der Waals surface area contributed by atoms with E-state index >= 15 is 0 Å². The molecule has 0 aliphatic heterocycles. The van der Waals surface area contributed by atoms with E-state index in [-0.39, 0.29) is 15.9 Å². The molecule has 2 aromatic rings. The first kappa shape index (κ1) is 16.2. The van der Waals surface area contributed by atoms with Crippen LogP contribution >= 0.6 is 23.2 Å². The van der Waals surface area contributed by atoms with Gasteiger partial charge in [0.2, 0.25) is 0 Å². The first-order valence-electron chi connectivity index (χ1n) is 6.51. The Morgan fingerprint density at radius 1 is 1.33 bits per heavy atom. The van der Waals surface area contributed by atoms with Gasteiger partial charge in [-0.1, -0.05) is 42.8 Å². The van der Waals surface area contributed by atoms with Gasteiger partial charge in [-0.05, 0) is 6.04 Å². The molecule has 0 fully saturated rings. The number of halogens is 2. The van der Waals surface area contributed by atoms with Crippen LogP contribution in [-0.4, -0.2) is 29.2 Å². The number of fused-ring (bicyclic) bond motifs is 1. The van der Waals surface area contributed by atoms with E-state index in [1.165, 1.54) is 0 Å². The molecule has 2 aromatic heterocycles. The van der Waals surface area contributed by atoms with Gasteiger partial charge >= 0.3 is 0 Å². The zero-order valence-corrected chi connectivity index (χ0v) is 14.7. The van der Waals surface area contributed by atoms with E-state index < -0.39 is 8.07 Å². The largest absolute Gasteiger partial charge is 0.361 e. The average molecular weight is 343 g/mol. The number of nitriles is 1. The molecule has 0 radical (unpaired) electrons. The van der Waals surface area contributed by atoms with Gasteiger partial charge in [0.25, 0.3) is 0 Å². The second-order valence-electron chi connectivity index (χ2n) is 5.94. The van der Waals surface area contributed by atoms with Gasteiger partial charge in [0.15, 0.2) is 10.3 Å². The lowest BCUT2D eigenvalue weighted by atomic mass is 10.2. The van der Waals surface area contributed by atoms with Crippen LogP contribution in [0.1, 0.15) is 5.56 Å². The normalized spacial score (nSPS) is 11.8. The van der Waals surface area contributed by atoms with Crippen LogP contribution in [0.3, 0.4) is 0 Å². The lowest BCUT2D eigenvalue weighted by Gasteiger charge is -2.15. The molecule has 0 saturated heterocycles. The lowest BCUT2D eigenvalue weighted by Crippen LogP contribution is -2.22. The molecule has 0 amide bonds. The van der Waals surface area contributed by atoms with Gasteiger partial charge in [0.05, 0.1) is 11.8 Å². The molecule has 0 unspecified atom stereocenters. The molecule has 0 saturated carbocycles. The van der Waals surface area contributed by atoms with E-state index in [1.54, 1.807) is 10.9 Å². The van der Waals surface area contributed by atoms with E-state index in [2.05, 4.69) is 29.6 Å². The van der Waals surface area contributed by atoms with Crippen molar-refractivity contribution in [3.05, 3.63) is 22.2 Å². The van der Waals surface area contributed by atoms with Crippen LogP contribution in [0.25, 0.3) is 11.0 Å². The maximum atomic E-state index is 9.23. The Morgan fingerprint density at radius 3 is 2.67 bits per heavy atom. The van der Waals surface area contributed by atoms with Crippen LogP contribution in [0.2, 0.25) is 36.0 Å². The predicted molar refractivity (Wildman–Crippen MR) is 86.4 cm³/mol. The summed E-state index contributed by atoms with van der Waals surface area (Å²) in [6.45, 7) is 7.88. The van der Waals surface area contributed by atoms with Crippen molar-refractivity contribution in [2.45, 2.75) is 32.4 Å². The van der Waals surface area contributed by atoms with Crippen molar-refractivity contribution in [1.82, 2.24) is 14.5 Å². The first-order valence-corrected chi connectivity index (χ1v) is 11.0. The Bertz CT molecular complexity index is 703. The summed E-state index contributed by atoms with van der Waals surface area (Å²) in [7, 11) is -1.12. The number of ether oxygens (including phenoxy) is 1. The summed E-state index contributed by atoms with van der Waals surface area (Å²) in [5.74, 6) is 0. The Labute approximate surface area is 134 Å². The van der Waals surface area contributed by atoms with Gasteiger partial charge in [-0.2, -0.15) is 5.26 Å². The summed E-state index contributed by atoms with van der Waals surface area (Å²) in [5, 5.41) is 9.51. The Kier molecular flexibility index (Phi) is 4.89. The standard InChI is InChI=1S/C13H16Cl2N4OSi/c1-21(2,3)5-4-20-8-19-7-17-10-11(19)9(6-16)12(14)18-13(10)15/h7H,4-5,8H2,1-3H3. The van der Waals surface area contributed by atoms with E-state index in [0.717, 1.165) is 6.04 Å². The van der Waals surface area contributed by atoms with Crippen molar-refractivity contribution in [3.63, 3.8) is 0 Å². The van der Waals surface area contributed by atoms with Crippen molar-refractivity contribution in [2.75, 3.05) is 6.61 Å². The van der Waals surface area contributed by atoms with Gasteiger partial charge in [-0.25, -0.2) is 9.97 Å². The van der Waals surface area contributed by atoms with Crippen molar-refractivity contribution in [1.29, 1.82) is 5.26 Å². The maximum Gasteiger partial charge on any atom is 0.158 e. The van der Waals surface area contributed by atoms with Gasteiger partial charge in [-0.15, -0.1) is 0 Å². The molecule has 0 aliphatic rings. The second kappa shape index (κ2) is 6.32. The van der Waals surface area contributed by atoms with Crippen LogP contribution in [0.4, 0.5) is 0 Å². The quantitative estimate of drug-likeness (QED) is 0.469. The van der Waals surface area contributed by atoms with Gasteiger partial charge in [0, 0.05) is 14.7 Å². The van der Waals surface area contributed by atoms with Crippen LogP contribution in [0.5, 0.6) is 0 Å². The van der Waals surface area contributed by atoms with Gasteiger partial charge in [-0.3, -0.25) is 0 Å². The topological polar surface area (TPSA) is 63.7 Å². The zero-order chi connectivity index (χ0) is 15.6. The molecular weight excluding hydrogens is 327 g/mol. The third-order valence-electron chi connectivity index (χ3n) is 3.01. The highest BCUT2D eigenvalue weighted by Gasteiger charge is 2.17. The summed E-state index contributed by atoms with van der Waals surface area (Å²) in [5.41, 5.74) is 1.30. The molecule has 21 heavy (non-hydrogen) atoms. The molecule has 0 spiro atoms. The molecule has 8 heteroatoms. The SMILES string of the molecule is C[Si](C)(C)CCOCn1cnc2c(Cl)nc(Cl)c(C#N)c21. The van der Waals surface area contributed by atoms with Crippen LogP contribution in [-0.2, 0) is 11.5 Å². The maximum absolute atomic E-state index is 9.23. The molecule has 0 aliphatic carbocycles. The summed E-state index contributed by atoms with van der Waals surface area (Å²) in [6.07, 6.45) is 1.59. The molecule has 0 atom stereocenters. The van der Waals surface area contributed by atoms with Crippen molar-refractivity contribution >= 4 is 42.3 Å². The third kappa shape index (κ3) is 3.74. The number of aromatic nitrogens is 3. The van der Waals surface area contributed by atoms with Crippen molar-refractivity contribution < 1.29 is 4.74 Å². The Hall–Kier alpha value is -1.13. The number of hydrogen-bond donors (Lipinski definition) is 0. The fourth-order valence-electron chi connectivity index (χ4n) is 1.83. The fraction of sp³-hybridized carbons (Fsp3) is 0.462. The number of pyridine rings is 1. The fourth-order valence-corrected chi connectivity index (χ4v) is 3.07. The van der Waals surface area contributed by atoms with E-state index in [9.17, 15) is 5.26 Å². The smallest absolute Gasteiger partial charge is 0.158 e. The van der Waals surface area contributed by atoms with E-state index in [1.807, 2.05) is 6.07 Å². The minimum atomic E-state index is -1.12. The number of nitrogens with zero attached hydrogens (tertiary/aromatic N) is 4. The average Bonchev–Trinajstić information content (AvgIpc) is 2.78. The third-order valence-corrected chi connectivity index (χ3v) is 5.25. The summed E-state index contributed by atoms with van der Waals surface area (Å²) < 4.78 is 7.42. The summed E-state index contributed by atoms with van der Waals surface area (Å²) in [4.78, 5) is 8.09. The monoisotopic (exact) mass is 342 g/mol. The summed E-state index contributed by atoms with van der Waals surface area (Å²) in [6, 6.07) is 3.12. The van der Waals surface area contributed by atoms with Gasteiger partial charge < -0.3 is 9.30 Å². The molecule has 2 heterocycles. The number of rotatable bonds is 5. The molecule has 112 valence electrons. The predicted octanol–water partition coefficient (Wildman–Crippen LogP) is 3.92. The molecule has 0 aromatic carbocycles. The van der Waals surface area contributed by atoms with Crippen molar-refractivity contribution in [3.8, 4) is 6.07 Å². The van der Waals surface area contributed by atoms with Crippen LogP contribution in [0, 0.1) is 11.3 Å². The summed E-state index contributed by atoms with van der Waals surface area (Å²) >= 11 is 12.0. The van der Waals surface area contributed by atoms with E-state index in [4.69, 9.17) is 27.9 Å². The number of imidazole rings is 1. The minimum absolute atomic E-state index is 0.0823. The first-order chi connectivity index (χ1) is 9.83. The second-order valence-corrected chi connectivity index (χ2v) is 12.3. The molecule has 2 rings (SSSR count). The zero-order valence-electron chi connectivity index (χ0n) is 12.2. The van der Waals surface area contributed by atoms with Crippen LogP contribution < -0.4 is 0 Å². The van der Waals surface area contributed by atoms with Crippen LogP contribution in [0.15, 0.2) is 6.33 Å². The van der Waals surface area contributed by atoms with Gasteiger partial charge in [0.1, 0.15) is 23.9 Å². The Balaban J connectivity index is 2.24. The molecule has 0 bridgehead atoms. The molecule has 0 N–H and O–H groups in total. The molecule has 5 nitrogen and oxygen atoms in total. The lowest BCUT2D eigenvalue weighted by molar-refractivity contribution is 0.0898. The highest BCUT2D eigenvalue weighted by Crippen LogP contribution is 2.28. The minimum Gasteiger partial charge on any atom is -0.361 e.